The number of nitrogens with one attached hydrogen (secondary N) is 1. The van der Waals surface area contributed by atoms with Gasteiger partial charge in [0.05, 0.1) is 37.3 Å². The molecule has 0 atom stereocenters. The predicted molar refractivity (Wildman–Crippen MR) is 112 cm³/mol. The first-order chi connectivity index (χ1) is 14.3. The molecule has 0 bridgehead atoms. The second-order valence-corrected chi connectivity index (χ2v) is 7.56. The van der Waals surface area contributed by atoms with Crippen LogP contribution in [0.2, 0.25) is 0 Å². The van der Waals surface area contributed by atoms with Gasteiger partial charge < -0.3 is 14.4 Å². The highest BCUT2D eigenvalue weighted by Crippen LogP contribution is 2.42. The van der Waals surface area contributed by atoms with Crippen molar-refractivity contribution in [3.63, 3.8) is 0 Å². The maximum absolute atomic E-state index is 15.1. The molecule has 0 spiro atoms. The number of H-pyrrole nitrogens is 1. The van der Waals surface area contributed by atoms with Gasteiger partial charge in [-0.2, -0.15) is 16.4 Å². The second-order valence-electron chi connectivity index (χ2n) is 6.78. The number of pyridine rings is 1. The molecule has 1 aromatic carbocycles. The number of hydrogen-bond donors (Lipinski definition) is 1. The van der Waals surface area contributed by atoms with Crippen molar-refractivity contribution < 1.29 is 13.9 Å². The monoisotopic (exact) mass is 410 g/mol. The highest BCUT2D eigenvalue weighted by Gasteiger charge is 2.24. The second kappa shape index (κ2) is 7.46. The summed E-state index contributed by atoms with van der Waals surface area (Å²) in [5, 5.41) is 12.1. The fourth-order valence-corrected chi connectivity index (χ4v) is 4.38. The average molecular weight is 410 g/mol. The molecule has 29 heavy (non-hydrogen) atoms. The summed E-state index contributed by atoms with van der Waals surface area (Å²) in [5.41, 5.74) is 4.35. The van der Waals surface area contributed by atoms with E-state index in [1.165, 1.54) is 6.07 Å². The Morgan fingerprint density at radius 1 is 1.21 bits per heavy atom. The van der Waals surface area contributed by atoms with Crippen molar-refractivity contribution in [2.24, 2.45) is 0 Å². The number of nitrogens with zero attached hydrogens (tertiary/aromatic N) is 3. The van der Waals surface area contributed by atoms with Crippen LogP contribution >= 0.6 is 11.3 Å². The Bertz CT molecular complexity index is 1150. The summed E-state index contributed by atoms with van der Waals surface area (Å²) < 4.78 is 26.2. The van der Waals surface area contributed by atoms with Gasteiger partial charge in [-0.1, -0.05) is 0 Å². The van der Waals surface area contributed by atoms with Gasteiger partial charge in [0.2, 0.25) is 0 Å². The Morgan fingerprint density at radius 2 is 2.07 bits per heavy atom. The lowest BCUT2D eigenvalue weighted by Crippen LogP contribution is -2.36. The van der Waals surface area contributed by atoms with Gasteiger partial charge in [0.1, 0.15) is 5.82 Å². The highest BCUT2D eigenvalue weighted by atomic mass is 32.1. The van der Waals surface area contributed by atoms with Gasteiger partial charge >= 0.3 is 0 Å². The van der Waals surface area contributed by atoms with E-state index < -0.39 is 0 Å². The predicted octanol–water partition coefficient (Wildman–Crippen LogP) is 4.34. The first kappa shape index (κ1) is 18.1. The molecule has 1 N–H and O–H groups in total. The smallest absolute Gasteiger partial charge is 0.181 e. The zero-order valence-corrected chi connectivity index (χ0v) is 16.6. The van der Waals surface area contributed by atoms with Crippen LogP contribution in [0.3, 0.4) is 0 Å². The number of aromatic nitrogens is 3. The van der Waals surface area contributed by atoms with E-state index in [1.54, 1.807) is 30.7 Å². The molecule has 148 valence electrons. The summed E-state index contributed by atoms with van der Waals surface area (Å²) in [6, 6.07) is 7.26. The van der Waals surface area contributed by atoms with E-state index in [2.05, 4.69) is 25.5 Å². The van der Waals surface area contributed by atoms with Gasteiger partial charge in [-0.15, -0.1) is 0 Å². The topological polar surface area (TPSA) is 63.3 Å². The Hall–Kier alpha value is -2.97. The molecule has 5 rings (SSSR count). The number of hydrogen-bond acceptors (Lipinski definition) is 6. The summed E-state index contributed by atoms with van der Waals surface area (Å²) in [5.74, 6) is 0.115. The van der Waals surface area contributed by atoms with Gasteiger partial charge in [-0.05, 0) is 40.6 Å². The summed E-state index contributed by atoms with van der Waals surface area (Å²) in [6.07, 6.45) is 1.78. The third-order valence-corrected chi connectivity index (χ3v) is 5.84. The number of morpholine rings is 1. The number of methoxy groups -OCH3 is 1. The van der Waals surface area contributed by atoms with Gasteiger partial charge in [0, 0.05) is 30.2 Å². The number of fused-ring (bicyclic) bond motifs is 1. The maximum atomic E-state index is 15.1. The third-order valence-electron chi connectivity index (χ3n) is 5.16. The molecule has 6 nitrogen and oxygen atoms in total. The number of rotatable bonds is 4. The summed E-state index contributed by atoms with van der Waals surface area (Å²) in [7, 11) is 1.57. The van der Waals surface area contributed by atoms with Crippen molar-refractivity contribution in [3.05, 3.63) is 47.0 Å². The van der Waals surface area contributed by atoms with E-state index in [0.29, 0.717) is 35.9 Å². The van der Waals surface area contributed by atoms with E-state index in [9.17, 15) is 0 Å². The van der Waals surface area contributed by atoms with Crippen LogP contribution in [0, 0.1) is 5.82 Å². The zero-order chi connectivity index (χ0) is 19.8. The third kappa shape index (κ3) is 3.14. The van der Waals surface area contributed by atoms with Gasteiger partial charge in [-0.25, -0.2) is 9.37 Å². The fraction of sp³-hybridized carbons (Fsp3) is 0.238. The zero-order valence-electron chi connectivity index (χ0n) is 15.8. The molecule has 1 fully saturated rings. The minimum atomic E-state index is -0.370. The van der Waals surface area contributed by atoms with Crippen molar-refractivity contribution in [3.8, 4) is 28.1 Å². The summed E-state index contributed by atoms with van der Waals surface area (Å²) in [4.78, 5) is 6.60. The maximum Gasteiger partial charge on any atom is 0.181 e. The highest BCUT2D eigenvalue weighted by molar-refractivity contribution is 7.08. The van der Waals surface area contributed by atoms with Crippen LogP contribution in [-0.4, -0.2) is 48.6 Å². The van der Waals surface area contributed by atoms with E-state index in [1.807, 2.05) is 17.5 Å². The Morgan fingerprint density at radius 3 is 2.83 bits per heavy atom. The van der Waals surface area contributed by atoms with Crippen LogP contribution in [0.5, 0.6) is 5.75 Å². The Kier molecular flexibility index (Phi) is 4.65. The molecule has 0 saturated carbocycles. The minimum absolute atomic E-state index is 0.364. The molecule has 0 unspecified atom stereocenters. The Balaban J connectivity index is 1.69. The molecule has 1 aliphatic heterocycles. The Labute approximate surface area is 170 Å². The standard InChI is InChI=1S/C21H19FN4O2S/c1-27-20-17(26-5-7-28-8-6-26)3-2-16(22)18(20)19-15-10-14(13-4-9-29-12-13)11-23-21(15)25-24-19/h2-4,9-12H,5-8H2,1H3,(H,23,24,25). The fourth-order valence-electron chi connectivity index (χ4n) is 3.72. The van der Waals surface area contributed by atoms with Gasteiger partial charge in [-0.3, -0.25) is 5.10 Å². The quantitative estimate of drug-likeness (QED) is 0.542. The van der Waals surface area contributed by atoms with E-state index in [4.69, 9.17) is 9.47 Å². The van der Waals surface area contributed by atoms with Crippen molar-refractivity contribution in [1.82, 2.24) is 15.2 Å². The lowest BCUT2D eigenvalue weighted by atomic mass is 10.0. The van der Waals surface area contributed by atoms with Crippen molar-refractivity contribution >= 4 is 28.1 Å². The molecule has 0 radical (unpaired) electrons. The van der Waals surface area contributed by atoms with Gasteiger partial charge in [0.15, 0.2) is 11.4 Å². The van der Waals surface area contributed by atoms with E-state index in [0.717, 1.165) is 35.3 Å². The lowest BCUT2D eigenvalue weighted by Gasteiger charge is -2.30. The van der Waals surface area contributed by atoms with Crippen molar-refractivity contribution in [2.45, 2.75) is 0 Å². The molecule has 0 amide bonds. The molecular formula is C21H19FN4O2S. The normalized spacial score (nSPS) is 14.5. The van der Waals surface area contributed by atoms with Crippen molar-refractivity contribution in [2.75, 3.05) is 38.3 Å². The number of ether oxygens (including phenoxy) is 2. The minimum Gasteiger partial charge on any atom is -0.494 e. The molecule has 0 aliphatic carbocycles. The average Bonchev–Trinajstić information content (AvgIpc) is 3.44. The summed E-state index contributed by atoms with van der Waals surface area (Å²) in [6.45, 7) is 2.73. The number of thiophene rings is 1. The first-order valence-corrected chi connectivity index (χ1v) is 10.3. The number of aromatic amines is 1. The van der Waals surface area contributed by atoms with Crippen LogP contribution in [0.15, 0.2) is 41.2 Å². The number of anilines is 1. The van der Waals surface area contributed by atoms with Crippen LogP contribution in [-0.2, 0) is 4.74 Å². The van der Waals surface area contributed by atoms with E-state index in [-0.39, 0.29) is 5.82 Å². The molecule has 1 aliphatic rings. The van der Waals surface area contributed by atoms with E-state index >= 15 is 4.39 Å². The number of benzene rings is 1. The van der Waals surface area contributed by atoms with Crippen LogP contribution in [0.25, 0.3) is 33.4 Å². The lowest BCUT2D eigenvalue weighted by molar-refractivity contribution is 0.122. The van der Waals surface area contributed by atoms with Crippen LogP contribution in [0.4, 0.5) is 10.1 Å². The summed E-state index contributed by atoms with van der Waals surface area (Å²) >= 11 is 1.62. The molecule has 3 aromatic heterocycles. The molecule has 1 saturated heterocycles. The molecule has 4 aromatic rings. The number of halogens is 1. The van der Waals surface area contributed by atoms with Crippen LogP contribution in [0.1, 0.15) is 0 Å². The van der Waals surface area contributed by atoms with Crippen LogP contribution < -0.4 is 9.64 Å². The molecule has 8 heteroatoms. The van der Waals surface area contributed by atoms with Gasteiger partial charge in [0.25, 0.3) is 0 Å². The molecular weight excluding hydrogens is 391 g/mol. The van der Waals surface area contributed by atoms with Crippen molar-refractivity contribution in [1.29, 1.82) is 0 Å². The largest absolute Gasteiger partial charge is 0.494 e. The first-order valence-electron chi connectivity index (χ1n) is 9.32. The SMILES string of the molecule is COc1c(N2CCOCC2)ccc(F)c1-c1[nH]nc2ncc(-c3ccsc3)cc12. The molecule has 4 heterocycles.